The van der Waals surface area contributed by atoms with Crippen molar-refractivity contribution in [2.24, 2.45) is 34.8 Å². The smallest absolute Gasteiger partial charge is 0.0813 e. The van der Waals surface area contributed by atoms with Crippen LogP contribution in [-0.4, -0.2) is 6.54 Å². The van der Waals surface area contributed by atoms with Crippen molar-refractivity contribution in [1.82, 2.24) is 0 Å². The lowest BCUT2D eigenvalue weighted by molar-refractivity contribution is 0.0588. The van der Waals surface area contributed by atoms with Gasteiger partial charge in [-0.05, 0) is 55.3 Å². The highest BCUT2D eigenvalue weighted by molar-refractivity contribution is 4.96. The number of rotatable bonds is 5. The molecule has 0 N–H and O–H groups in total. The Balaban J connectivity index is 1.71. The van der Waals surface area contributed by atoms with Crippen LogP contribution in [0.1, 0.15) is 46.0 Å². The molecule has 86 valence electrons. The van der Waals surface area contributed by atoms with Gasteiger partial charge >= 0.3 is 0 Å². The van der Waals surface area contributed by atoms with Gasteiger partial charge in [0.05, 0.1) is 6.54 Å². The Morgan fingerprint density at radius 1 is 1.33 bits per heavy atom. The van der Waals surface area contributed by atoms with Crippen LogP contribution in [0.5, 0.6) is 0 Å². The van der Waals surface area contributed by atoms with Gasteiger partial charge < -0.3 is 0 Å². The second-order valence-electron chi connectivity index (χ2n) is 5.86. The summed E-state index contributed by atoms with van der Waals surface area (Å²) in [6.07, 6.45) is 6.71. The van der Waals surface area contributed by atoms with Gasteiger partial charge in [0, 0.05) is 0 Å². The third-order valence-electron chi connectivity index (χ3n) is 4.83. The zero-order valence-corrected chi connectivity index (χ0v) is 9.98. The number of nitroso groups, excluding NO2 is 1. The Hall–Kier alpha value is -0.400. The lowest BCUT2D eigenvalue weighted by Gasteiger charge is -2.43. The molecule has 0 spiro atoms. The lowest BCUT2D eigenvalue weighted by Crippen LogP contribution is -2.36. The summed E-state index contributed by atoms with van der Waals surface area (Å²) in [7, 11) is 0. The molecule has 2 aliphatic carbocycles. The normalized spacial score (nSPS) is 40.7. The van der Waals surface area contributed by atoms with Crippen molar-refractivity contribution < 1.29 is 0 Å². The van der Waals surface area contributed by atoms with Gasteiger partial charge in [-0.1, -0.05) is 25.4 Å². The molecule has 2 rings (SSSR count). The van der Waals surface area contributed by atoms with Crippen molar-refractivity contribution in [1.29, 1.82) is 0 Å². The van der Waals surface area contributed by atoms with E-state index in [2.05, 4.69) is 19.0 Å². The van der Waals surface area contributed by atoms with E-state index < -0.39 is 0 Å². The molecule has 0 radical (unpaired) electrons. The fourth-order valence-corrected chi connectivity index (χ4v) is 3.81. The highest BCUT2D eigenvalue weighted by Crippen LogP contribution is 2.55. The summed E-state index contributed by atoms with van der Waals surface area (Å²) in [4.78, 5) is 10.1. The van der Waals surface area contributed by atoms with Crippen LogP contribution in [0.4, 0.5) is 0 Å². The molecular formula is C13H23NO. The Labute approximate surface area is 92.8 Å². The van der Waals surface area contributed by atoms with Crippen LogP contribution in [0.15, 0.2) is 5.18 Å². The Kier molecular flexibility index (Phi) is 3.42. The standard InChI is InChI=1S/C13H23NO/c1-9(5-6-14-15)7-11-8-13-10(2)3-4-12(11)13/h9-13H,3-8H2,1-2H3/t9-,10?,11?,12?,13?/m1/s1. The average Bonchev–Trinajstić information content (AvgIpc) is 2.48. The van der Waals surface area contributed by atoms with Gasteiger partial charge in [0.25, 0.3) is 0 Å². The molecule has 0 aromatic heterocycles. The molecular weight excluding hydrogens is 186 g/mol. The maximum Gasteiger partial charge on any atom is 0.0813 e. The van der Waals surface area contributed by atoms with E-state index in [1.54, 1.807) is 0 Å². The Morgan fingerprint density at radius 2 is 2.13 bits per heavy atom. The number of hydrogen-bond acceptors (Lipinski definition) is 2. The van der Waals surface area contributed by atoms with E-state index >= 15 is 0 Å². The predicted octanol–water partition coefficient (Wildman–Crippen LogP) is 3.85. The van der Waals surface area contributed by atoms with Crippen molar-refractivity contribution in [2.75, 3.05) is 6.54 Å². The summed E-state index contributed by atoms with van der Waals surface area (Å²) in [5.74, 6) is 4.74. The minimum Gasteiger partial charge on any atom is -0.151 e. The largest absolute Gasteiger partial charge is 0.151 e. The first-order valence-electron chi connectivity index (χ1n) is 6.51. The number of hydrogen-bond donors (Lipinski definition) is 0. The van der Waals surface area contributed by atoms with E-state index in [1.165, 1.54) is 25.7 Å². The maximum atomic E-state index is 10.1. The quantitative estimate of drug-likeness (QED) is 0.632. The van der Waals surface area contributed by atoms with E-state index in [1.807, 2.05) is 0 Å². The molecule has 0 heterocycles. The van der Waals surface area contributed by atoms with Crippen LogP contribution in [0.2, 0.25) is 0 Å². The first-order valence-corrected chi connectivity index (χ1v) is 6.51. The third kappa shape index (κ3) is 2.24. The molecule has 0 amide bonds. The Morgan fingerprint density at radius 3 is 2.80 bits per heavy atom. The molecule has 0 aromatic rings. The van der Waals surface area contributed by atoms with E-state index in [0.29, 0.717) is 12.5 Å². The third-order valence-corrected chi connectivity index (χ3v) is 4.83. The zero-order valence-electron chi connectivity index (χ0n) is 9.98. The number of nitrogens with zero attached hydrogens (tertiary/aromatic N) is 1. The monoisotopic (exact) mass is 209 g/mol. The predicted molar refractivity (Wildman–Crippen MR) is 62.5 cm³/mol. The highest BCUT2D eigenvalue weighted by atomic mass is 16.3. The average molecular weight is 209 g/mol. The summed E-state index contributed by atoms with van der Waals surface area (Å²) in [6.45, 7) is 5.20. The topological polar surface area (TPSA) is 29.4 Å². The van der Waals surface area contributed by atoms with Crippen LogP contribution in [0.25, 0.3) is 0 Å². The van der Waals surface area contributed by atoms with Crippen molar-refractivity contribution in [3.63, 3.8) is 0 Å². The van der Waals surface area contributed by atoms with E-state index in [-0.39, 0.29) is 0 Å². The van der Waals surface area contributed by atoms with Gasteiger partial charge in [-0.15, -0.1) is 0 Å². The second kappa shape index (κ2) is 4.63. The molecule has 0 bridgehead atoms. The minimum absolute atomic E-state index is 0.512. The maximum absolute atomic E-state index is 10.1. The van der Waals surface area contributed by atoms with Gasteiger partial charge in [0.2, 0.25) is 0 Å². The van der Waals surface area contributed by atoms with Crippen LogP contribution in [-0.2, 0) is 0 Å². The molecule has 15 heavy (non-hydrogen) atoms. The SMILES string of the molecule is CC1CCC2C(C[C@H](C)CCN=O)CC12. The zero-order chi connectivity index (χ0) is 10.8. The van der Waals surface area contributed by atoms with Crippen LogP contribution >= 0.6 is 0 Å². The van der Waals surface area contributed by atoms with Crippen LogP contribution < -0.4 is 0 Å². The van der Waals surface area contributed by atoms with E-state index in [0.717, 1.165) is 30.1 Å². The fourth-order valence-electron chi connectivity index (χ4n) is 3.81. The van der Waals surface area contributed by atoms with Crippen molar-refractivity contribution in [3.05, 3.63) is 4.91 Å². The molecule has 2 aliphatic rings. The van der Waals surface area contributed by atoms with Gasteiger partial charge in [-0.3, -0.25) is 0 Å². The summed E-state index contributed by atoms with van der Waals surface area (Å²) in [5.41, 5.74) is 0. The molecule has 0 aromatic carbocycles. The van der Waals surface area contributed by atoms with Gasteiger partial charge in [0.1, 0.15) is 0 Å². The summed E-state index contributed by atoms with van der Waals surface area (Å²) in [5, 5.41) is 2.96. The van der Waals surface area contributed by atoms with Crippen molar-refractivity contribution >= 4 is 0 Å². The lowest BCUT2D eigenvalue weighted by atomic mass is 9.62. The molecule has 5 atom stereocenters. The summed E-state index contributed by atoms with van der Waals surface area (Å²) in [6, 6.07) is 0. The van der Waals surface area contributed by atoms with Gasteiger partial charge in [0.15, 0.2) is 0 Å². The summed E-state index contributed by atoms with van der Waals surface area (Å²) >= 11 is 0. The van der Waals surface area contributed by atoms with Gasteiger partial charge in [-0.25, -0.2) is 0 Å². The molecule has 2 nitrogen and oxygen atoms in total. The van der Waals surface area contributed by atoms with Crippen molar-refractivity contribution in [3.8, 4) is 0 Å². The molecule has 0 saturated heterocycles. The molecule has 4 unspecified atom stereocenters. The van der Waals surface area contributed by atoms with Crippen molar-refractivity contribution in [2.45, 2.75) is 46.0 Å². The molecule has 2 heteroatoms. The van der Waals surface area contributed by atoms with E-state index in [4.69, 9.17) is 0 Å². The summed E-state index contributed by atoms with van der Waals surface area (Å²) < 4.78 is 0. The molecule has 0 aliphatic heterocycles. The fraction of sp³-hybridized carbons (Fsp3) is 1.00. The minimum atomic E-state index is 0.512. The van der Waals surface area contributed by atoms with Crippen LogP contribution in [0.3, 0.4) is 0 Å². The second-order valence-corrected chi connectivity index (χ2v) is 5.86. The Bertz CT molecular complexity index is 229. The van der Waals surface area contributed by atoms with Crippen LogP contribution in [0, 0.1) is 34.5 Å². The van der Waals surface area contributed by atoms with E-state index in [9.17, 15) is 4.91 Å². The molecule has 2 fully saturated rings. The van der Waals surface area contributed by atoms with Gasteiger partial charge in [-0.2, -0.15) is 4.91 Å². The first kappa shape index (κ1) is 11.1. The number of fused-ring (bicyclic) bond motifs is 1. The highest BCUT2D eigenvalue weighted by Gasteiger charge is 2.47. The first-order chi connectivity index (χ1) is 7.22. The molecule has 2 saturated carbocycles.